The van der Waals surface area contributed by atoms with Gasteiger partial charge in [0.15, 0.2) is 0 Å². The van der Waals surface area contributed by atoms with Crippen molar-refractivity contribution in [1.82, 2.24) is 4.31 Å². The summed E-state index contributed by atoms with van der Waals surface area (Å²) in [5.41, 5.74) is 0.470. The number of rotatable bonds is 6. The lowest BCUT2D eigenvalue weighted by Crippen LogP contribution is -2.42. The lowest BCUT2D eigenvalue weighted by Gasteiger charge is -2.30. The monoisotopic (exact) mass is 390 g/mol. The molecule has 0 atom stereocenters. The number of sulfonamides is 1. The number of anilines is 1. The quantitative estimate of drug-likeness (QED) is 0.805. The highest BCUT2D eigenvalue weighted by Crippen LogP contribution is 2.36. The summed E-state index contributed by atoms with van der Waals surface area (Å²) >= 11 is 6.06. The van der Waals surface area contributed by atoms with Crippen molar-refractivity contribution >= 4 is 33.2 Å². The number of nitrogens with zero attached hydrogens (tertiary/aromatic N) is 1. The van der Waals surface area contributed by atoms with Crippen LogP contribution in [0.1, 0.15) is 19.8 Å². The number of amides is 1. The first-order valence-electron chi connectivity index (χ1n) is 8.02. The van der Waals surface area contributed by atoms with Crippen molar-refractivity contribution in [2.24, 2.45) is 5.92 Å². The summed E-state index contributed by atoms with van der Waals surface area (Å²) in [5.74, 6) is 0.517. The molecule has 1 heterocycles. The van der Waals surface area contributed by atoms with Gasteiger partial charge in [0.25, 0.3) is 0 Å². The Morgan fingerprint density at radius 3 is 2.36 bits per heavy atom. The number of methoxy groups -OCH3 is 2. The maximum atomic E-state index is 12.5. The van der Waals surface area contributed by atoms with Gasteiger partial charge in [-0.2, -0.15) is 0 Å². The maximum absolute atomic E-state index is 12.5. The van der Waals surface area contributed by atoms with Gasteiger partial charge in [0.1, 0.15) is 11.5 Å². The smallest absolute Gasteiger partial charge is 0.227 e. The first-order chi connectivity index (χ1) is 11.8. The Bertz CT molecular complexity index is 730. The molecule has 0 saturated carbocycles. The van der Waals surface area contributed by atoms with E-state index < -0.39 is 10.0 Å². The predicted octanol–water partition coefficient (Wildman–Crippen LogP) is 2.36. The van der Waals surface area contributed by atoms with Crippen molar-refractivity contribution in [3.8, 4) is 11.5 Å². The fourth-order valence-electron chi connectivity index (χ4n) is 2.77. The van der Waals surface area contributed by atoms with Gasteiger partial charge >= 0.3 is 0 Å². The van der Waals surface area contributed by atoms with E-state index in [4.69, 9.17) is 21.1 Å². The Balaban J connectivity index is 2.06. The fourth-order valence-corrected chi connectivity index (χ4v) is 4.13. The number of piperidine rings is 1. The molecule has 1 amide bonds. The van der Waals surface area contributed by atoms with Crippen molar-refractivity contribution < 1.29 is 22.7 Å². The summed E-state index contributed by atoms with van der Waals surface area (Å²) in [6.07, 6.45) is 0.968. The highest BCUT2D eigenvalue weighted by atomic mass is 35.5. The Morgan fingerprint density at radius 2 is 1.84 bits per heavy atom. The molecule has 9 heteroatoms. The first-order valence-corrected chi connectivity index (χ1v) is 10.0. The van der Waals surface area contributed by atoms with Gasteiger partial charge in [-0.3, -0.25) is 4.79 Å². The number of nitrogens with one attached hydrogen (secondary N) is 1. The minimum Gasteiger partial charge on any atom is -0.495 e. The fraction of sp³-hybridized carbons (Fsp3) is 0.562. The largest absolute Gasteiger partial charge is 0.495 e. The van der Waals surface area contributed by atoms with E-state index in [2.05, 4.69) is 5.32 Å². The molecule has 0 aromatic heterocycles. The van der Waals surface area contributed by atoms with Gasteiger partial charge < -0.3 is 14.8 Å². The normalized spacial score (nSPS) is 16.5. The van der Waals surface area contributed by atoms with E-state index in [0.717, 1.165) is 0 Å². The van der Waals surface area contributed by atoms with Crippen LogP contribution in [0.3, 0.4) is 0 Å². The molecular weight excluding hydrogens is 368 g/mol. The van der Waals surface area contributed by atoms with Gasteiger partial charge in [0.2, 0.25) is 15.9 Å². The Kier molecular flexibility index (Phi) is 6.53. The average molecular weight is 391 g/mol. The minimum atomic E-state index is -3.20. The molecule has 25 heavy (non-hydrogen) atoms. The van der Waals surface area contributed by atoms with Gasteiger partial charge in [0.05, 0.1) is 30.7 Å². The third kappa shape index (κ3) is 4.56. The van der Waals surface area contributed by atoms with Crippen molar-refractivity contribution in [2.45, 2.75) is 19.8 Å². The highest BCUT2D eigenvalue weighted by Gasteiger charge is 2.30. The van der Waals surface area contributed by atoms with Crippen LogP contribution >= 0.6 is 11.6 Å². The molecule has 1 aliphatic heterocycles. The number of benzene rings is 1. The van der Waals surface area contributed by atoms with Crippen molar-refractivity contribution in [3.63, 3.8) is 0 Å². The molecule has 1 saturated heterocycles. The van der Waals surface area contributed by atoms with Crippen molar-refractivity contribution in [1.29, 1.82) is 0 Å². The molecule has 0 spiro atoms. The summed E-state index contributed by atoms with van der Waals surface area (Å²) < 4.78 is 35.6. The Morgan fingerprint density at radius 1 is 1.24 bits per heavy atom. The summed E-state index contributed by atoms with van der Waals surface area (Å²) in [6, 6.07) is 3.18. The second kappa shape index (κ2) is 8.25. The summed E-state index contributed by atoms with van der Waals surface area (Å²) in [5, 5.41) is 3.21. The van der Waals surface area contributed by atoms with Gasteiger partial charge in [0, 0.05) is 31.1 Å². The third-order valence-corrected chi connectivity index (χ3v) is 6.49. The molecule has 1 aromatic rings. The van der Waals surface area contributed by atoms with E-state index in [0.29, 0.717) is 48.1 Å². The topological polar surface area (TPSA) is 84.9 Å². The molecular formula is C16H23ClN2O5S. The van der Waals surface area contributed by atoms with Crippen LogP contribution in [0.5, 0.6) is 11.5 Å². The molecule has 0 radical (unpaired) electrons. The van der Waals surface area contributed by atoms with Gasteiger partial charge in [-0.1, -0.05) is 11.6 Å². The average Bonchev–Trinajstić information content (AvgIpc) is 2.62. The minimum absolute atomic E-state index is 0.0750. The summed E-state index contributed by atoms with van der Waals surface area (Å²) in [4.78, 5) is 12.5. The summed E-state index contributed by atoms with van der Waals surface area (Å²) in [7, 11) is -0.226. The van der Waals surface area contributed by atoms with Crippen LogP contribution < -0.4 is 14.8 Å². The van der Waals surface area contributed by atoms with E-state index in [1.807, 2.05) is 0 Å². The number of hydrogen-bond acceptors (Lipinski definition) is 5. The van der Waals surface area contributed by atoms with E-state index in [9.17, 15) is 13.2 Å². The first kappa shape index (κ1) is 19.8. The standard InChI is InChI=1S/C16H23ClN2O5S/c1-4-25(21,22)19-7-5-11(6-8-19)16(20)18-13-10-14(23-2)12(17)9-15(13)24-3/h9-11H,4-8H2,1-3H3,(H,18,20). The molecule has 1 aliphatic rings. The Labute approximate surface area is 153 Å². The number of hydrogen-bond donors (Lipinski definition) is 1. The lowest BCUT2D eigenvalue weighted by molar-refractivity contribution is -0.120. The second-order valence-corrected chi connectivity index (χ2v) is 8.41. The molecule has 0 bridgehead atoms. The number of carbonyl (C=O) groups is 1. The summed E-state index contributed by atoms with van der Waals surface area (Å²) in [6.45, 7) is 2.33. The van der Waals surface area contributed by atoms with Crippen LogP contribution in [0.15, 0.2) is 12.1 Å². The lowest BCUT2D eigenvalue weighted by atomic mass is 9.97. The third-order valence-electron chi connectivity index (χ3n) is 4.31. The van der Waals surface area contributed by atoms with E-state index in [1.165, 1.54) is 18.5 Å². The molecule has 2 rings (SSSR count). The van der Waals surface area contributed by atoms with Crippen LogP contribution in [-0.2, 0) is 14.8 Å². The molecule has 1 N–H and O–H groups in total. The van der Waals surface area contributed by atoms with Crippen LogP contribution in [0.25, 0.3) is 0 Å². The van der Waals surface area contributed by atoms with Crippen LogP contribution in [0.2, 0.25) is 5.02 Å². The predicted molar refractivity (Wildman–Crippen MR) is 96.9 cm³/mol. The van der Waals surface area contributed by atoms with Gasteiger partial charge in [-0.15, -0.1) is 0 Å². The maximum Gasteiger partial charge on any atom is 0.227 e. The molecule has 1 fully saturated rings. The molecule has 0 unspecified atom stereocenters. The number of halogens is 1. The second-order valence-electron chi connectivity index (χ2n) is 5.75. The highest BCUT2D eigenvalue weighted by molar-refractivity contribution is 7.89. The SMILES string of the molecule is CCS(=O)(=O)N1CCC(C(=O)Nc2cc(OC)c(Cl)cc2OC)CC1. The molecule has 0 aliphatic carbocycles. The van der Waals surface area contributed by atoms with Crippen molar-refractivity contribution in [3.05, 3.63) is 17.2 Å². The van der Waals surface area contributed by atoms with Crippen LogP contribution in [-0.4, -0.2) is 51.7 Å². The van der Waals surface area contributed by atoms with E-state index >= 15 is 0 Å². The zero-order valence-electron chi connectivity index (χ0n) is 14.5. The number of ether oxygens (including phenoxy) is 2. The molecule has 1 aromatic carbocycles. The molecule has 7 nitrogen and oxygen atoms in total. The Hall–Kier alpha value is -1.51. The van der Waals surface area contributed by atoms with Crippen LogP contribution in [0, 0.1) is 5.92 Å². The van der Waals surface area contributed by atoms with E-state index in [-0.39, 0.29) is 17.6 Å². The van der Waals surface area contributed by atoms with Gasteiger partial charge in [-0.25, -0.2) is 12.7 Å². The van der Waals surface area contributed by atoms with Crippen molar-refractivity contribution in [2.75, 3.05) is 38.4 Å². The number of carbonyl (C=O) groups excluding carboxylic acids is 1. The zero-order chi connectivity index (χ0) is 18.6. The molecule has 140 valence electrons. The van der Waals surface area contributed by atoms with Crippen LogP contribution in [0.4, 0.5) is 5.69 Å². The van der Waals surface area contributed by atoms with E-state index in [1.54, 1.807) is 19.1 Å². The van der Waals surface area contributed by atoms with Gasteiger partial charge in [-0.05, 0) is 19.8 Å². The zero-order valence-corrected chi connectivity index (χ0v) is 16.1.